The molecule has 0 radical (unpaired) electrons. The first kappa shape index (κ1) is 19.6. The molecule has 5 rings (SSSR count). The second kappa shape index (κ2) is 8.40. The summed E-state index contributed by atoms with van der Waals surface area (Å²) in [6.07, 6.45) is 4.35. The molecule has 154 valence electrons. The van der Waals surface area contributed by atoms with Crippen LogP contribution in [0.1, 0.15) is 30.1 Å². The smallest absolute Gasteiger partial charge is 0.262 e. The summed E-state index contributed by atoms with van der Waals surface area (Å²) in [5.41, 5.74) is 4.03. The molecule has 31 heavy (non-hydrogen) atoms. The van der Waals surface area contributed by atoms with Gasteiger partial charge in [0.15, 0.2) is 5.16 Å². The number of fused-ring (bicyclic) bond motifs is 2. The summed E-state index contributed by atoms with van der Waals surface area (Å²) in [5.74, 6) is 1.06. The van der Waals surface area contributed by atoms with E-state index in [1.807, 2.05) is 36.4 Å². The van der Waals surface area contributed by atoms with Gasteiger partial charge in [-0.05, 0) is 49.9 Å². The lowest BCUT2D eigenvalue weighted by molar-refractivity contribution is 0.654. The molecule has 0 unspecified atom stereocenters. The Balaban J connectivity index is 1.56. The van der Waals surface area contributed by atoms with Crippen molar-refractivity contribution in [1.29, 1.82) is 5.26 Å². The number of aromatic nitrogens is 4. The van der Waals surface area contributed by atoms with E-state index in [9.17, 15) is 10.1 Å². The Bertz CT molecular complexity index is 1350. The van der Waals surface area contributed by atoms with Crippen LogP contribution in [0.2, 0.25) is 0 Å². The van der Waals surface area contributed by atoms with Crippen molar-refractivity contribution in [3.05, 3.63) is 82.2 Å². The lowest BCUT2D eigenvalue weighted by atomic mass is 10.0. The summed E-state index contributed by atoms with van der Waals surface area (Å²) < 4.78 is 3.72. The summed E-state index contributed by atoms with van der Waals surface area (Å²) in [6.45, 7) is -0.0177. The number of rotatable bonds is 5. The van der Waals surface area contributed by atoms with Crippen molar-refractivity contribution < 1.29 is 0 Å². The normalized spacial score (nSPS) is 13.1. The first-order valence-electron chi connectivity index (χ1n) is 10.4. The lowest BCUT2D eigenvalue weighted by Gasteiger charge is -2.15. The third-order valence-corrected chi connectivity index (χ3v) is 6.55. The molecule has 2 aromatic heterocycles. The Morgan fingerprint density at radius 2 is 1.77 bits per heavy atom. The zero-order valence-corrected chi connectivity index (χ0v) is 17.8. The van der Waals surface area contributed by atoms with Gasteiger partial charge in [-0.25, -0.2) is 9.97 Å². The van der Waals surface area contributed by atoms with Gasteiger partial charge in [0, 0.05) is 11.4 Å². The number of para-hydroxylation sites is 2. The van der Waals surface area contributed by atoms with E-state index in [1.165, 1.54) is 22.4 Å². The fourth-order valence-electron chi connectivity index (χ4n) is 4.14. The maximum atomic E-state index is 12.9. The third kappa shape index (κ3) is 3.64. The number of benzene rings is 2. The maximum absolute atomic E-state index is 12.9. The molecule has 2 heterocycles. The fraction of sp³-hybridized carbons (Fsp3) is 0.250. The first-order chi connectivity index (χ1) is 15.3. The van der Waals surface area contributed by atoms with Gasteiger partial charge < -0.3 is 0 Å². The standard InChI is InChI=1S/C24H21N5OS/c25-14-15-28-22(26-19-11-5-4-10-18(19)23(28)30)16-31-24-27-20-12-6-7-13-21(20)29(24)17-8-2-1-3-9-17/h1-5,8-11H,6-7,12-13,15-16H2. The molecule has 4 aromatic rings. The zero-order chi connectivity index (χ0) is 21.2. The lowest BCUT2D eigenvalue weighted by Crippen LogP contribution is -2.24. The summed E-state index contributed by atoms with van der Waals surface area (Å²) >= 11 is 1.57. The van der Waals surface area contributed by atoms with Gasteiger partial charge in [0.25, 0.3) is 5.56 Å². The highest BCUT2D eigenvalue weighted by Crippen LogP contribution is 2.32. The van der Waals surface area contributed by atoms with E-state index < -0.39 is 0 Å². The Kier molecular flexibility index (Phi) is 5.31. The number of hydrogen-bond acceptors (Lipinski definition) is 5. The fourth-order valence-corrected chi connectivity index (χ4v) is 5.14. The van der Waals surface area contributed by atoms with E-state index in [0.29, 0.717) is 22.5 Å². The molecule has 0 bridgehead atoms. The van der Waals surface area contributed by atoms with Crippen molar-refractivity contribution in [1.82, 2.24) is 19.1 Å². The molecule has 6 nitrogen and oxygen atoms in total. The Hall–Kier alpha value is -3.37. The molecule has 0 atom stereocenters. The number of nitriles is 1. The van der Waals surface area contributed by atoms with Crippen molar-refractivity contribution in [3.63, 3.8) is 0 Å². The molecule has 0 saturated carbocycles. The number of imidazole rings is 1. The summed E-state index contributed by atoms with van der Waals surface area (Å²) in [6, 6.07) is 19.7. The van der Waals surface area contributed by atoms with Crippen molar-refractivity contribution in [2.45, 2.75) is 43.1 Å². The summed E-state index contributed by atoms with van der Waals surface area (Å²) in [5, 5.41) is 10.7. The van der Waals surface area contributed by atoms with Crippen LogP contribution in [-0.2, 0) is 25.1 Å². The molecule has 2 aromatic carbocycles. The van der Waals surface area contributed by atoms with Gasteiger partial charge in [-0.3, -0.25) is 13.9 Å². The van der Waals surface area contributed by atoms with E-state index in [-0.39, 0.29) is 12.1 Å². The van der Waals surface area contributed by atoms with Crippen LogP contribution < -0.4 is 5.56 Å². The Labute approximate surface area is 184 Å². The van der Waals surface area contributed by atoms with Crippen LogP contribution in [0.5, 0.6) is 0 Å². The van der Waals surface area contributed by atoms with Gasteiger partial charge in [0.1, 0.15) is 12.4 Å². The van der Waals surface area contributed by atoms with Crippen LogP contribution in [0, 0.1) is 11.3 Å². The molecule has 0 spiro atoms. The number of hydrogen-bond donors (Lipinski definition) is 0. The van der Waals surface area contributed by atoms with E-state index in [2.05, 4.69) is 22.8 Å². The number of nitrogens with zero attached hydrogens (tertiary/aromatic N) is 5. The van der Waals surface area contributed by atoms with Gasteiger partial charge in [-0.15, -0.1) is 0 Å². The third-order valence-electron chi connectivity index (χ3n) is 5.62. The maximum Gasteiger partial charge on any atom is 0.262 e. The quantitative estimate of drug-likeness (QED) is 0.445. The van der Waals surface area contributed by atoms with Crippen molar-refractivity contribution >= 4 is 22.7 Å². The van der Waals surface area contributed by atoms with Gasteiger partial charge in [0.2, 0.25) is 0 Å². The van der Waals surface area contributed by atoms with E-state index >= 15 is 0 Å². The molecule has 0 amide bonds. The van der Waals surface area contributed by atoms with Crippen LogP contribution in [0.25, 0.3) is 16.6 Å². The van der Waals surface area contributed by atoms with Gasteiger partial charge in [-0.1, -0.05) is 42.1 Å². The minimum atomic E-state index is -0.173. The average molecular weight is 428 g/mol. The second-order valence-electron chi connectivity index (χ2n) is 7.55. The topological polar surface area (TPSA) is 76.5 Å². The van der Waals surface area contributed by atoms with E-state index in [0.717, 1.165) is 30.1 Å². The average Bonchev–Trinajstić information content (AvgIpc) is 3.19. The monoisotopic (exact) mass is 427 g/mol. The van der Waals surface area contributed by atoms with Gasteiger partial charge in [-0.2, -0.15) is 5.26 Å². The predicted octanol–water partition coefficient (Wildman–Crippen LogP) is 4.28. The van der Waals surface area contributed by atoms with Crippen molar-refractivity contribution in [3.8, 4) is 11.8 Å². The molecule has 1 aliphatic rings. The Morgan fingerprint density at radius 3 is 2.61 bits per heavy atom. The van der Waals surface area contributed by atoms with E-state index in [1.54, 1.807) is 17.8 Å². The van der Waals surface area contributed by atoms with Crippen LogP contribution in [0.15, 0.2) is 64.5 Å². The number of aryl methyl sites for hydroxylation is 1. The number of thioether (sulfide) groups is 1. The molecule has 0 aliphatic heterocycles. The molecule has 1 aliphatic carbocycles. The highest BCUT2D eigenvalue weighted by Gasteiger charge is 2.22. The molecule has 0 fully saturated rings. The highest BCUT2D eigenvalue weighted by atomic mass is 32.2. The van der Waals surface area contributed by atoms with Crippen LogP contribution in [-0.4, -0.2) is 19.1 Å². The van der Waals surface area contributed by atoms with Crippen molar-refractivity contribution in [2.75, 3.05) is 0 Å². The Morgan fingerprint density at radius 1 is 1.00 bits per heavy atom. The molecule has 0 N–H and O–H groups in total. The van der Waals surface area contributed by atoms with Gasteiger partial charge >= 0.3 is 0 Å². The minimum absolute atomic E-state index is 0.0177. The zero-order valence-electron chi connectivity index (χ0n) is 17.0. The van der Waals surface area contributed by atoms with Crippen LogP contribution in [0.3, 0.4) is 0 Å². The SMILES string of the molecule is N#CCn1c(CSc2nc3c(n2-c2ccccc2)CCCC3)nc2ccccc2c1=O. The first-order valence-corrected chi connectivity index (χ1v) is 11.4. The van der Waals surface area contributed by atoms with E-state index in [4.69, 9.17) is 9.97 Å². The summed E-state index contributed by atoms with van der Waals surface area (Å²) in [4.78, 5) is 22.6. The van der Waals surface area contributed by atoms with Crippen LogP contribution >= 0.6 is 11.8 Å². The molecule has 0 saturated heterocycles. The van der Waals surface area contributed by atoms with Crippen molar-refractivity contribution in [2.24, 2.45) is 0 Å². The second-order valence-corrected chi connectivity index (χ2v) is 8.49. The molecular weight excluding hydrogens is 406 g/mol. The molecular formula is C24H21N5OS. The van der Waals surface area contributed by atoms with Crippen LogP contribution in [0.4, 0.5) is 0 Å². The molecule has 7 heteroatoms. The minimum Gasteiger partial charge on any atom is -0.292 e. The highest BCUT2D eigenvalue weighted by molar-refractivity contribution is 7.98. The summed E-state index contributed by atoms with van der Waals surface area (Å²) in [7, 11) is 0. The van der Waals surface area contributed by atoms with Gasteiger partial charge in [0.05, 0.1) is 28.4 Å². The largest absolute Gasteiger partial charge is 0.292 e. The predicted molar refractivity (Wildman–Crippen MR) is 121 cm³/mol.